The molecule has 43 heavy (non-hydrogen) atoms. The lowest BCUT2D eigenvalue weighted by Gasteiger charge is -2.39. The van der Waals surface area contributed by atoms with Crippen LogP contribution in [0, 0.1) is 0 Å². The highest BCUT2D eigenvalue weighted by atomic mass is 16.7. The summed E-state index contributed by atoms with van der Waals surface area (Å²) >= 11 is 0. The van der Waals surface area contributed by atoms with Crippen LogP contribution in [0.25, 0.3) is 22.3 Å². The van der Waals surface area contributed by atoms with Crippen LogP contribution in [0.1, 0.15) is 6.92 Å². The summed E-state index contributed by atoms with van der Waals surface area (Å²) < 4.78 is 33.4. The zero-order valence-electron chi connectivity index (χ0n) is 22.9. The van der Waals surface area contributed by atoms with Crippen LogP contribution in [0.5, 0.6) is 23.0 Å². The Labute approximate surface area is 243 Å². The van der Waals surface area contributed by atoms with Gasteiger partial charge in [-0.15, -0.1) is 0 Å². The molecule has 2 aromatic carbocycles. The van der Waals surface area contributed by atoms with E-state index < -0.39 is 84.9 Å². The van der Waals surface area contributed by atoms with Crippen molar-refractivity contribution >= 4 is 11.0 Å². The van der Waals surface area contributed by atoms with Gasteiger partial charge in [-0.1, -0.05) is 0 Å². The van der Waals surface area contributed by atoms with Gasteiger partial charge in [-0.05, 0) is 31.2 Å². The molecular weight excluding hydrogens is 576 g/mol. The molecule has 15 nitrogen and oxygen atoms in total. The Kier molecular flexibility index (Phi) is 8.80. The summed E-state index contributed by atoms with van der Waals surface area (Å²) in [5, 5.41) is 81.2. The maximum absolute atomic E-state index is 13.8. The van der Waals surface area contributed by atoms with Gasteiger partial charge in [0.25, 0.3) is 0 Å². The first-order valence-electron chi connectivity index (χ1n) is 13.3. The molecule has 10 atom stereocenters. The van der Waals surface area contributed by atoms with Crippen molar-refractivity contribution in [2.75, 3.05) is 13.7 Å². The van der Waals surface area contributed by atoms with E-state index in [-0.39, 0.29) is 28.0 Å². The predicted octanol–water partition coefficient (Wildman–Crippen LogP) is -1.44. The normalized spacial score (nSPS) is 32.9. The van der Waals surface area contributed by atoms with Gasteiger partial charge in [0.15, 0.2) is 5.76 Å². The molecule has 3 aromatic rings. The van der Waals surface area contributed by atoms with Crippen LogP contribution in [0.4, 0.5) is 0 Å². The fraction of sp³-hybridized carbons (Fsp3) is 0.464. The maximum Gasteiger partial charge on any atom is 0.239 e. The van der Waals surface area contributed by atoms with E-state index in [1.165, 1.54) is 32.2 Å². The first-order chi connectivity index (χ1) is 20.4. The molecule has 5 unspecified atom stereocenters. The van der Waals surface area contributed by atoms with E-state index in [0.29, 0.717) is 5.75 Å². The smallest absolute Gasteiger partial charge is 0.239 e. The monoisotopic (exact) mass is 608 g/mol. The van der Waals surface area contributed by atoms with E-state index in [0.717, 1.165) is 6.07 Å². The van der Waals surface area contributed by atoms with Crippen molar-refractivity contribution in [3.05, 3.63) is 46.6 Å². The number of hydrogen-bond acceptors (Lipinski definition) is 15. The van der Waals surface area contributed by atoms with Gasteiger partial charge >= 0.3 is 0 Å². The minimum Gasteiger partial charge on any atom is -0.507 e. The molecule has 0 spiro atoms. The lowest BCUT2D eigenvalue weighted by molar-refractivity contribution is -0.277. The molecule has 0 saturated carbocycles. The van der Waals surface area contributed by atoms with Gasteiger partial charge in [-0.3, -0.25) is 4.79 Å². The Morgan fingerprint density at radius 2 is 1.42 bits per heavy atom. The molecule has 8 N–H and O–H groups in total. The van der Waals surface area contributed by atoms with E-state index in [1.807, 2.05) is 0 Å². The third-order valence-electron chi connectivity index (χ3n) is 7.40. The fourth-order valence-corrected chi connectivity index (χ4v) is 4.89. The average molecular weight is 609 g/mol. The Balaban J connectivity index is 1.59. The predicted molar refractivity (Wildman–Crippen MR) is 144 cm³/mol. The van der Waals surface area contributed by atoms with Crippen molar-refractivity contribution < 1.29 is 69.0 Å². The van der Waals surface area contributed by atoms with Crippen molar-refractivity contribution in [1.29, 1.82) is 0 Å². The fourth-order valence-electron chi connectivity index (χ4n) is 4.89. The number of fused-ring (bicyclic) bond motifs is 1. The van der Waals surface area contributed by atoms with E-state index in [1.54, 1.807) is 12.1 Å². The number of aliphatic hydroxyl groups excluding tert-OH is 7. The topological polar surface area (TPSA) is 238 Å². The highest BCUT2D eigenvalue weighted by Gasteiger charge is 2.46. The molecule has 1 aromatic heterocycles. The summed E-state index contributed by atoms with van der Waals surface area (Å²) in [7, 11) is 1.45. The second-order valence-electron chi connectivity index (χ2n) is 10.2. The lowest BCUT2D eigenvalue weighted by Crippen LogP contribution is -2.60. The summed E-state index contributed by atoms with van der Waals surface area (Å²) in [6.07, 6.45) is -15.3. The van der Waals surface area contributed by atoms with Crippen LogP contribution < -0.4 is 19.6 Å². The summed E-state index contributed by atoms with van der Waals surface area (Å²) in [6.45, 7) is 0.728. The van der Waals surface area contributed by atoms with Crippen LogP contribution in [0.2, 0.25) is 0 Å². The minimum absolute atomic E-state index is 0.128. The first kappa shape index (κ1) is 30.9. The number of rotatable bonds is 7. The second kappa shape index (κ2) is 12.2. The highest BCUT2D eigenvalue weighted by Crippen LogP contribution is 2.38. The Hall–Kier alpha value is -3.51. The van der Waals surface area contributed by atoms with Crippen LogP contribution in [-0.4, -0.2) is 116 Å². The standard InChI is InChI=1S/C28H32O15/c1-10-18(31)21(34)23(36)27(39-10)40-13-7-14(30)17-15(8-13)41-25(11-3-5-12(38-2)6-4-11)26(20(17)33)43-28-24(37)22(35)19(32)16(9-29)42-28/h3-8,10,16,18-19,21-24,27-32,34-37H,9H2,1-2H3/t10?,16?,18-,19+,21-,22?,23?,24?,27-,28-/m0/s1. The molecule has 234 valence electrons. The van der Waals surface area contributed by atoms with Crippen LogP contribution >= 0.6 is 0 Å². The van der Waals surface area contributed by atoms with Crippen molar-refractivity contribution in [1.82, 2.24) is 0 Å². The van der Waals surface area contributed by atoms with Crippen molar-refractivity contribution in [2.24, 2.45) is 0 Å². The summed E-state index contributed by atoms with van der Waals surface area (Å²) in [6, 6.07) is 8.45. The number of phenolic OH excluding ortho intramolecular Hbond substituents is 1. The number of ether oxygens (including phenoxy) is 5. The summed E-state index contributed by atoms with van der Waals surface area (Å²) in [5.74, 6) is -1.03. The molecule has 3 heterocycles. The van der Waals surface area contributed by atoms with E-state index >= 15 is 0 Å². The van der Waals surface area contributed by atoms with Gasteiger partial charge in [0, 0.05) is 17.7 Å². The number of aliphatic hydroxyl groups is 7. The molecule has 5 rings (SSSR count). The van der Waals surface area contributed by atoms with Crippen molar-refractivity contribution in [2.45, 2.75) is 68.3 Å². The molecule has 0 amide bonds. The number of hydrogen-bond donors (Lipinski definition) is 8. The quantitative estimate of drug-likeness (QED) is 0.153. The summed E-state index contributed by atoms with van der Waals surface area (Å²) in [5.41, 5.74) is -0.845. The van der Waals surface area contributed by atoms with Gasteiger partial charge in [-0.25, -0.2) is 0 Å². The Morgan fingerprint density at radius 3 is 2.05 bits per heavy atom. The van der Waals surface area contributed by atoms with Crippen LogP contribution in [0.3, 0.4) is 0 Å². The maximum atomic E-state index is 13.8. The average Bonchev–Trinajstić information content (AvgIpc) is 2.99. The molecule has 0 aliphatic carbocycles. The Bertz CT molecular complexity index is 1490. The third kappa shape index (κ3) is 5.74. The number of aromatic hydroxyl groups is 1. The molecule has 0 bridgehead atoms. The highest BCUT2D eigenvalue weighted by molar-refractivity contribution is 5.88. The Morgan fingerprint density at radius 1 is 0.791 bits per heavy atom. The number of methoxy groups -OCH3 is 1. The van der Waals surface area contributed by atoms with Crippen LogP contribution in [-0.2, 0) is 9.47 Å². The lowest BCUT2D eigenvalue weighted by atomic mass is 9.99. The zero-order valence-corrected chi connectivity index (χ0v) is 22.9. The van der Waals surface area contributed by atoms with Crippen molar-refractivity contribution in [3.63, 3.8) is 0 Å². The van der Waals surface area contributed by atoms with Crippen LogP contribution in [0.15, 0.2) is 45.6 Å². The van der Waals surface area contributed by atoms with E-state index in [9.17, 15) is 45.6 Å². The molecule has 2 aliphatic heterocycles. The second-order valence-corrected chi connectivity index (χ2v) is 10.2. The number of benzene rings is 2. The van der Waals surface area contributed by atoms with Crippen molar-refractivity contribution in [3.8, 4) is 34.3 Å². The molecule has 2 aliphatic rings. The number of phenols is 1. The first-order valence-corrected chi connectivity index (χ1v) is 13.3. The third-order valence-corrected chi connectivity index (χ3v) is 7.40. The molecule has 0 radical (unpaired) electrons. The molecule has 15 heteroatoms. The van der Waals surface area contributed by atoms with Gasteiger partial charge in [0.05, 0.1) is 19.8 Å². The van der Waals surface area contributed by atoms with Gasteiger partial charge < -0.3 is 69.0 Å². The summed E-state index contributed by atoms with van der Waals surface area (Å²) in [4.78, 5) is 13.8. The SMILES string of the molecule is COc1ccc(-c2oc3cc(O[C@@H]4OC(C)[C@H](O)[C@H](O)C4O)cc(O)c3c(=O)c2O[C@@H]2OC(CO)[C@@H](O)C(O)C2O)cc1. The largest absolute Gasteiger partial charge is 0.507 e. The van der Waals surface area contributed by atoms with Gasteiger partial charge in [0.1, 0.15) is 70.9 Å². The van der Waals surface area contributed by atoms with Gasteiger partial charge in [0.2, 0.25) is 23.8 Å². The van der Waals surface area contributed by atoms with E-state index in [2.05, 4.69) is 0 Å². The molecule has 2 saturated heterocycles. The van der Waals surface area contributed by atoms with E-state index in [4.69, 9.17) is 28.1 Å². The van der Waals surface area contributed by atoms with Gasteiger partial charge in [-0.2, -0.15) is 0 Å². The molecule has 2 fully saturated rings. The zero-order chi connectivity index (χ0) is 31.2. The minimum atomic E-state index is -1.85. The molecular formula is C28H32O15.